The van der Waals surface area contributed by atoms with Gasteiger partial charge in [-0.05, 0) is 60.4 Å². The Bertz CT molecular complexity index is 1060. The Hall–Kier alpha value is -2.66. The van der Waals surface area contributed by atoms with E-state index in [1.807, 2.05) is 18.2 Å². The maximum Gasteiger partial charge on any atom is 0.336 e. The molecule has 0 saturated carbocycles. The summed E-state index contributed by atoms with van der Waals surface area (Å²) in [7, 11) is 0. The third kappa shape index (κ3) is 4.20. The van der Waals surface area contributed by atoms with Gasteiger partial charge in [0.25, 0.3) is 0 Å². The van der Waals surface area contributed by atoms with Crippen molar-refractivity contribution < 1.29 is 13.7 Å². The monoisotopic (exact) mass is 395 g/mol. The van der Waals surface area contributed by atoms with Crippen LogP contribution in [0, 0.1) is 12.7 Å². The first-order valence-corrected chi connectivity index (χ1v) is 10.3. The van der Waals surface area contributed by atoms with Gasteiger partial charge in [0.2, 0.25) is 0 Å². The molecule has 3 aromatic rings. The van der Waals surface area contributed by atoms with Gasteiger partial charge in [0.05, 0.1) is 26.2 Å². The maximum absolute atomic E-state index is 13.2. The number of hydrogen-bond donors (Lipinski definition) is 1. The zero-order valence-electron chi connectivity index (χ0n) is 17.3. The predicted octanol–water partition coefficient (Wildman–Crippen LogP) is 3.27. The lowest BCUT2D eigenvalue weighted by Gasteiger charge is -2.33. The fraction of sp³-hybridized carbons (Fsp3) is 0.375. The summed E-state index contributed by atoms with van der Waals surface area (Å²) < 4.78 is 18.7. The number of nitrogens with one attached hydrogen (secondary N) is 1. The SMILES string of the molecule is Cc1cc2oc(=O)cc(C[NH+]3CCN(c4ccc(F)cc4)CC3)c2cc1C(C)C. The molecule has 152 valence electrons. The summed E-state index contributed by atoms with van der Waals surface area (Å²) in [6.07, 6.45) is 0. The van der Waals surface area contributed by atoms with Crippen molar-refractivity contribution in [3.05, 3.63) is 75.4 Å². The smallest absolute Gasteiger partial charge is 0.336 e. The quantitative estimate of drug-likeness (QED) is 0.689. The average Bonchev–Trinajstić information content (AvgIpc) is 2.68. The minimum atomic E-state index is -0.284. The number of nitrogens with zero attached hydrogens (tertiary/aromatic N) is 1. The van der Waals surface area contributed by atoms with Gasteiger partial charge in [0, 0.05) is 22.7 Å². The van der Waals surface area contributed by atoms with Gasteiger partial charge in [0.15, 0.2) is 0 Å². The second kappa shape index (κ2) is 7.99. The Kier molecular flexibility index (Phi) is 5.41. The van der Waals surface area contributed by atoms with Crippen LogP contribution in [0.25, 0.3) is 11.0 Å². The largest absolute Gasteiger partial charge is 0.423 e. The molecule has 4 nitrogen and oxygen atoms in total. The standard InChI is InChI=1S/C24H27FN2O2/c1-16(2)21-14-22-18(13-24(28)29-23(22)12-17(21)3)15-26-8-10-27(11-9-26)20-6-4-19(25)5-7-20/h4-7,12-14,16H,8-11,15H2,1-3H3/p+1. The normalized spacial score (nSPS) is 15.4. The summed E-state index contributed by atoms with van der Waals surface area (Å²) in [5.74, 6) is 0.217. The van der Waals surface area contributed by atoms with E-state index >= 15 is 0 Å². The molecular weight excluding hydrogens is 367 g/mol. The van der Waals surface area contributed by atoms with Crippen molar-refractivity contribution in [2.45, 2.75) is 33.2 Å². The first-order valence-electron chi connectivity index (χ1n) is 10.3. The summed E-state index contributed by atoms with van der Waals surface area (Å²) in [6.45, 7) is 11.0. The van der Waals surface area contributed by atoms with Gasteiger partial charge in [0.1, 0.15) is 17.9 Å². The number of quaternary nitrogens is 1. The van der Waals surface area contributed by atoms with Gasteiger partial charge in [-0.25, -0.2) is 9.18 Å². The van der Waals surface area contributed by atoms with Crippen LogP contribution in [-0.2, 0) is 6.54 Å². The van der Waals surface area contributed by atoms with Gasteiger partial charge < -0.3 is 14.2 Å². The minimum absolute atomic E-state index is 0.205. The third-order valence-corrected chi connectivity index (χ3v) is 5.94. The van der Waals surface area contributed by atoms with E-state index in [1.54, 1.807) is 6.07 Å². The van der Waals surface area contributed by atoms with Crippen molar-refractivity contribution >= 4 is 16.7 Å². The van der Waals surface area contributed by atoms with Crippen LogP contribution in [0.15, 0.2) is 51.7 Å². The van der Waals surface area contributed by atoms with Gasteiger partial charge in [-0.2, -0.15) is 0 Å². The van der Waals surface area contributed by atoms with Crippen LogP contribution < -0.4 is 15.4 Å². The first kappa shape index (κ1) is 19.6. The minimum Gasteiger partial charge on any atom is -0.423 e. The highest BCUT2D eigenvalue weighted by atomic mass is 19.1. The molecule has 0 amide bonds. The Labute approximate surface area is 170 Å². The van der Waals surface area contributed by atoms with Crippen LogP contribution in [-0.4, -0.2) is 26.2 Å². The number of rotatable bonds is 4. The van der Waals surface area contributed by atoms with E-state index in [2.05, 4.69) is 31.7 Å². The van der Waals surface area contributed by atoms with E-state index in [1.165, 1.54) is 22.6 Å². The topological polar surface area (TPSA) is 37.9 Å². The highest BCUT2D eigenvalue weighted by Gasteiger charge is 2.22. The first-order chi connectivity index (χ1) is 13.9. The molecule has 2 heterocycles. The Morgan fingerprint density at radius 3 is 2.45 bits per heavy atom. The number of fused-ring (bicyclic) bond motifs is 1. The fourth-order valence-electron chi connectivity index (χ4n) is 4.34. The van der Waals surface area contributed by atoms with Gasteiger partial charge >= 0.3 is 5.63 Å². The van der Waals surface area contributed by atoms with E-state index in [0.29, 0.717) is 11.5 Å². The van der Waals surface area contributed by atoms with E-state index in [-0.39, 0.29) is 11.4 Å². The third-order valence-electron chi connectivity index (χ3n) is 5.94. The molecular formula is C24H28FN2O2+. The van der Waals surface area contributed by atoms with Gasteiger partial charge in [-0.15, -0.1) is 0 Å². The predicted molar refractivity (Wildman–Crippen MR) is 114 cm³/mol. The molecule has 0 aliphatic carbocycles. The van der Waals surface area contributed by atoms with Crippen LogP contribution in [0.2, 0.25) is 0 Å². The van der Waals surface area contributed by atoms with Crippen LogP contribution in [0.4, 0.5) is 10.1 Å². The van der Waals surface area contributed by atoms with Crippen LogP contribution in [0.5, 0.6) is 0 Å². The molecule has 0 unspecified atom stereocenters. The molecule has 1 aliphatic heterocycles. The van der Waals surface area contributed by atoms with Crippen molar-refractivity contribution in [3.8, 4) is 0 Å². The Morgan fingerprint density at radius 1 is 1.10 bits per heavy atom. The summed E-state index contributed by atoms with van der Waals surface area (Å²) in [4.78, 5) is 15.9. The van der Waals surface area contributed by atoms with E-state index in [4.69, 9.17) is 4.42 Å². The zero-order chi connectivity index (χ0) is 20.5. The van der Waals surface area contributed by atoms with Crippen molar-refractivity contribution in [2.75, 3.05) is 31.1 Å². The summed E-state index contributed by atoms with van der Waals surface area (Å²) in [5, 5.41) is 1.05. The van der Waals surface area contributed by atoms with E-state index < -0.39 is 0 Å². The van der Waals surface area contributed by atoms with Crippen LogP contribution in [0.3, 0.4) is 0 Å². The highest BCUT2D eigenvalue weighted by Crippen LogP contribution is 2.26. The van der Waals surface area contributed by atoms with Crippen molar-refractivity contribution in [3.63, 3.8) is 0 Å². The lowest BCUT2D eigenvalue weighted by atomic mass is 9.95. The molecule has 0 radical (unpaired) electrons. The van der Waals surface area contributed by atoms with Crippen LogP contribution >= 0.6 is 0 Å². The van der Waals surface area contributed by atoms with Gasteiger partial charge in [-0.1, -0.05) is 13.8 Å². The molecule has 1 fully saturated rings. The molecule has 2 aromatic carbocycles. The fourth-order valence-corrected chi connectivity index (χ4v) is 4.34. The second-order valence-electron chi connectivity index (χ2n) is 8.34. The van der Waals surface area contributed by atoms with E-state index in [0.717, 1.165) is 54.9 Å². The Morgan fingerprint density at radius 2 is 1.79 bits per heavy atom. The molecule has 5 heteroatoms. The summed E-state index contributed by atoms with van der Waals surface area (Å²) in [6, 6.07) is 12.6. The lowest BCUT2D eigenvalue weighted by Crippen LogP contribution is -3.13. The van der Waals surface area contributed by atoms with Crippen LogP contribution in [0.1, 0.15) is 36.5 Å². The highest BCUT2D eigenvalue weighted by molar-refractivity contribution is 5.82. The molecule has 0 bridgehead atoms. The zero-order valence-corrected chi connectivity index (χ0v) is 17.3. The molecule has 0 atom stereocenters. The number of aryl methyl sites for hydroxylation is 1. The summed E-state index contributed by atoms with van der Waals surface area (Å²) in [5.41, 5.74) is 4.97. The average molecular weight is 395 g/mol. The summed E-state index contributed by atoms with van der Waals surface area (Å²) >= 11 is 0. The number of piperazine rings is 1. The number of halogens is 1. The molecule has 4 rings (SSSR count). The van der Waals surface area contributed by atoms with Crippen molar-refractivity contribution in [2.24, 2.45) is 0 Å². The lowest BCUT2D eigenvalue weighted by molar-refractivity contribution is -0.914. The van der Waals surface area contributed by atoms with Crippen molar-refractivity contribution in [1.82, 2.24) is 0 Å². The Balaban J connectivity index is 1.54. The molecule has 0 spiro atoms. The van der Waals surface area contributed by atoms with E-state index in [9.17, 15) is 9.18 Å². The molecule has 1 N–H and O–H groups in total. The maximum atomic E-state index is 13.2. The van der Waals surface area contributed by atoms with Crippen molar-refractivity contribution in [1.29, 1.82) is 0 Å². The molecule has 1 saturated heterocycles. The molecule has 1 aromatic heterocycles. The molecule has 1 aliphatic rings. The van der Waals surface area contributed by atoms with Gasteiger partial charge in [-0.3, -0.25) is 0 Å². The number of benzene rings is 2. The number of anilines is 1. The molecule has 29 heavy (non-hydrogen) atoms. The second-order valence-corrected chi connectivity index (χ2v) is 8.34. The number of hydrogen-bond acceptors (Lipinski definition) is 3.